The molecule has 23 heavy (non-hydrogen) atoms. The molecule has 0 radical (unpaired) electrons. The molecule has 1 aliphatic heterocycles. The standard InChI is InChI=1S/C17H25BrN2O3/c1-4-23-16-14(18)8-12(9-15(16)22-3)17(21)20-6-5-11(2)7-13(20)10-19/h8-9,11,13H,4-7,10,19H2,1-3H3. The van der Waals surface area contributed by atoms with Crippen LogP contribution in [0, 0.1) is 5.92 Å². The summed E-state index contributed by atoms with van der Waals surface area (Å²) in [5.41, 5.74) is 6.46. The highest BCUT2D eigenvalue weighted by molar-refractivity contribution is 9.10. The predicted octanol–water partition coefficient (Wildman–Crippen LogP) is 3.06. The van der Waals surface area contributed by atoms with Crippen LogP contribution >= 0.6 is 15.9 Å². The second kappa shape index (κ2) is 8.02. The van der Waals surface area contributed by atoms with Gasteiger partial charge in [-0.15, -0.1) is 0 Å². The third-order valence-electron chi connectivity index (χ3n) is 4.28. The van der Waals surface area contributed by atoms with E-state index < -0.39 is 0 Å². The first-order valence-electron chi connectivity index (χ1n) is 8.03. The van der Waals surface area contributed by atoms with Gasteiger partial charge in [0, 0.05) is 24.7 Å². The summed E-state index contributed by atoms with van der Waals surface area (Å²) in [6, 6.07) is 3.63. The Morgan fingerprint density at radius 3 is 2.83 bits per heavy atom. The normalized spacial score (nSPS) is 21.2. The number of carbonyl (C=O) groups is 1. The molecule has 2 atom stereocenters. The molecule has 6 heteroatoms. The van der Waals surface area contributed by atoms with Gasteiger partial charge in [0.2, 0.25) is 0 Å². The summed E-state index contributed by atoms with van der Waals surface area (Å²) in [6.45, 7) is 5.88. The van der Waals surface area contributed by atoms with E-state index in [0.29, 0.717) is 36.1 Å². The fourth-order valence-electron chi connectivity index (χ4n) is 3.04. The Balaban J connectivity index is 2.30. The van der Waals surface area contributed by atoms with E-state index in [1.54, 1.807) is 19.2 Å². The Hall–Kier alpha value is -1.27. The molecule has 1 aliphatic rings. The lowest BCUT2D eigenvalue weighted by Gasteiger charge is -2.38. The molecule has 1 amide bonds. The van der Waals surface area contributed by atoms with Crippen molar-refractivity contribution in [2.75, 3.05) is 26.8 Å². The van der Waals surface area contributed by atoms with E-state index in [1.807, 2.05) is 11.8 Å². The Morgan fingerprint density at radius 1 is 1.48 bits per heavy atom. The third kappa shape index (κ3) is 3.98. The summed E-state index contributed by atoms with van der Waals surface area (Å²) in [5, 5.41) is 0. The number of likely N-dealkylation sites (tertiary alicyclic amines) is 1. The van der Waals surface area contributed by atoms with Gasteiger partial charge in [0.05, 0.1) is 18.2 Å². The predicted molar refractivity (Wildman–Crippen MR) is 94.1 cm³/mol. The summed E-state index contributed by atoms with van der Waals surface area (Å²) in [6.07, 6.45) is 1.97. The molecular weight excluding hydrogens is 360 g/mol. The molecular formula is C17H25BrN2O3. The lowest BCUT2D eigenvalue weighted by molar-refractivity contribution is 0.0573. The summed E-state index contributed by atoms with van der Waals surface area (Å²) < 4.78 is 11.7. The van der Waals surface area contributed by atoms with Crippen LogP contribution in [0.5, 0.6) is 11.5 Å². The van der Waals surface area contributed by atoms with Crippen LogP contribution in [0.15, 0.2) is 16.6 Å². The van der Waals surface area contributed by atoms with Crippen LogP contribution in [0.2, 0.25) is 0 Å². The molecule has 5 nitrogen and oxygen atoms in total. The molecule has 0 saturated carbocycles. The van der Waals surface area contributed by atoms with Gasteiger partial charge in [-0.2, -0.15) is 0 Å². The van der Waals surface area contributed by atoms with Crippen molar-refractivity contribution >= 4 is 21.8 Å². The first-order chi connectivity index (χ1) is 11.0. The fourth-order valence-corrected chi connectivity index (χ4v) is 3.59. The number of nitrogens with zero attached hydrogens (tertiary/aromatic N) is 1. The van der Waals surface area contributed by atoms with E-state index in [1.165, 1.54) is 0 Å². The summed E-state index contributed by atoms with van der Waals surface area (Å²) in [5.74, 6) is 1.78. The van der Waals surface area contributed by atoms with Crippen molar-refractivity contribution < 1.29 is 14.3 Å². The number of benzene rings is 1. The molecule has 1 aromatic carbocycles. The molecule has 2 unspecified atom stereocenters. The van der Waals surface area contributed by atoms with Gasteiger partial charge in [-0.25, -0.2) is 0 Å². The number of piperidine rings is 1. The number of carbonyl (C=O) groups excluding carboxylic acids is 1. The number of hydrogen-bond acceptors (Lipinski definition) is 4. The average molecular weight is 385 g/mol. The van der Waals surface area contributed by atoms with Gasteiger partial charge in [0.25, 0.3) is 5.91 Å². The van der Waals surface area contributed by atoms with Gasteiger partial charge in [-0.1, -0.05) is 6.92 Å². The molecule has 1 saturated heterocycles. The lowest BCUT2D eigenvalue weighted by Crippen LogP contribution is -2.49. The van der Waals surface area contributed by atoms with Gasteiger partial charge < -0.3 is 20.1 Å². The summed E-state index contributed by atoms with van der Waals surface area (Å²) in [4.78, 5) is 14.8. The van der Waals surface area contributed by atoms with Gasteiger partial charge >= 0.3 is 0 Å². The molecule has 0 bridgehead atoms. The first-order valence-corrected chi connectivity index (χ1v) is 8.82. The minimum absolute atomic E-state index is 0.00519. The highest BCUT2D eigenvalue weighted by Gasteiger charge is 2.30. The number of ether oxygens (including phenoxy) is 2. The molecule has 0 aliphatic carbocycles. The van der Waals surface area contributed by atoms with Crippen LogP contribution < -0.4 is 15.2 Å². The molecule has 1 fully saturated rings. The van der Waals surface area contributed by atoms with Gasteiger partial charge in [0.15, 0.2) is 11.5 Å². The van der Waals surface area contributed by atoms with Crippen molar-refractivity contribution in [2.45, 2.75) is 32.7 Å². The molecule has 128 valence electrons. The SMILES string of the molecule is CCOc1c(Br)cc(C(=O)N2CCC(C)CC2CN)cc1OC. The fraction of sp³-hybridized carbons (Fsp3) is 0.588. The molecule has 1 heterocycles. The topological polar surface area (TPSA) is 64.8 Å². The van der Waals surface area contributed by atoms with E-state index >= 15 is 0 Å². The Morgan fingerprint density at radius 2 is 2.22 bits per heavy atom. The smallest absolute Gasteiger partial charge is 0.254 e. The second-order valence-corrected chi connectivity index (χ2v) is 6.79. The summed E-state index contributed by atoms with van der Waals surface area (Å²) in [7, 11) is 1.57. The average Bonchev–Trinajstić information content (AvgIpc) is 2.55. The highest BCUT2D eigenvalue weighted by Crippen LogP contribution is 2.37. The van der Waals surface area contributed by atoms with Crippen molar-refractivity contribution in [3.63, 3.8) is 0 Å². The van der Waals surface area contributed by atoms with E-state index in [9.17, 15) is 4.79 Å². The van der Waals surface area contributed by atoms with Gasteiger partial charge in [-0.05, 0) is 53.7 Å². The number of hydrogen-bond donors (Lipinski definition) is 1. The van der Waals surface area contributed by atoms with E-state index in [-0.39, 0.29) is 11.9 Å². The Kier molecular flexibility index (Phi) is 6.30. The van der Waals surface area contributed by atoms with Crippen molar-refractivity contribution in [3.8, 4) is 11.5 Å². The zero-order valence-electron chi connectivity index (χ0n) is 14.0. The minimum atomic E-state index is -0.00519. The van der Waals surface area contributed by atoms with Crippen LogP contribution in [0.4, 0.5) is 0 Å². The highest BCUT2D eigenvalue weighted by atomic mass is 79.9. The quantitative estimate of drug-likeness (QED) is 0.846. The minimum Gasteiger partial charge on any atom is -0.493 e. The maximum Gasteiger partial charge on any atom is 0.254 e. The molecule has 0 spiro atoms. The maximum absolute atomic E-state index is 12.9. The number of halogens is 1. The zero-order valence-corrected chi connectivity index (χ0v) is 15.6. The van der Waals surface area contributed by atoms with Crippen LogP contribution in [-0.2, 0) is 0 Å². The van der Waals surface area contributed by atoms with Gasteiger partial charge in [0.1, 0.15) is 0 Å². The van der Waals surface area contributed by atoms with E-state index in [4.69, 9.17) is 15.2 Å². The molecule has 2 N–H and O–H groups in total. The third-order valence-corrected chi connectivity index (χ3v) is 4.87. The van der Waals surface area contributed by atoms with Crippen molar-refractivity contribution in [3.05, 3.63) is 22.2 Å². The van der Waals surface area contributed by atoms with Crippen LogP contribution in [-0.4, -0.2) is 43.7 Å². The molecule has 1 aromatic rings. The zero-order chi connectivity index (χ0) is 17.0. The lowest BCUT2D eigenvalue weighted by atomic mass is 9.92. The number of rotatable bonds is 5. The van der Waals surface area contributed by atoms with Crippen LogP contribution in [0.25, 0.3) is 0 Å². The molecule has 2 rings (SSSR count). The number of methoxy groups -OCH3 is 1. The maximum atomic E-state index is 12.9. The van der Waals surface area contributed by atoms with Crippen molar-refractivity contribution in [1.82, 2.24) is 4.90 Å². The van der Waals surface area contributed by atoms with Crippen LogP contribution in [0.3, 0.4) is 0 Å². The summed E-state index contributed by atoms with van der Waals surface area (Å²) >= 11 is 3.47. The van der Waals surface area contributed by atoms with Crippen molar-refractivity contribution in [2.24, 2.45) is 11.7 Å². The van der Waals surface area contributed by atoms with Crippen LogP contribution in [0.1, 0.15) is 37.0 Å². The first kappa shape index (κ1) is 18.1. The second-order valence-electron chi connectivity index (χ2n) is 5.94. The monoisotopic (exact) mass is 384 g/mol. The van der Waals surface area contributed by atoms with E-state index in [0.717, 1.165) is 23.9 Å². The van der Waals surface area contributed by atoms with Crippen molar-refractivity contribution in [1.29, 1.82) is 0 Å². The molecule has 0 aromatic heterocycles. The number of amides is 1. The number of nitrogens with two attached hydrogens (primary N) is 1. The largest absolute Gasteiger partial charge is 0.493 e. The van der Waals surface area contributed by atoms with Gasteiger partial charge in [-0.3, -0.25) is 4.79 Å². The Labute approximate surface area is 146 Å². The Bertz CT molecular complexity index is 565. The van der Waals surface area contributed by atoms with E-state index in [2.05, 4.69) is 22.9 Å².